The Kier molecular flexibility index (Phi) is 14.3. The molecule has 0 saturated carbocycles. The van der Waals surface area contributed by atoms with Crippen molar-refractivity contribution in [2.45, 2.75) is 123 Å². The van der Waals surface area contributed by atoms with Crippen molar-refractivity contribution in [3.63, 3.8) is 0 Å². The average Bonchev–Trinajstić information content (AvgIpc) is 3.32. The van der Waals surface area contributed by atoms with Gasteiger partial charge < -0.3 is 35.5 Å². The smallest absolute Gasteiger partial charge is 0.408 e. The number of carbonyl (C=O) groups excluding carboxylic acids is 5. The van der Waals surface area contributed by atoms with E-state index in [4.69, 9.17) is 14.2 Å². The molecule has 0 bridgehead atoms. The lowest BCUT2D eigenvalue weighted by Crippen LogP contribution is -2.59. The number of hydrogen-bond acceptors (Lipinski definition) is 8. The molecule has 45 heavy (non-hydrogen) atoms. The number of carbonyl (C=O) groups is 5. The monoisotopic (exact) mass is 632 g/mol. The van der Waals surface area contributed by atoms with Crippen LogP contribution in [0.3, 0.4) is 0 Å². The van der Waals surface area contributed by atoms with Gasteiger partial charge in [-0.25, -0.2) is 4.79 Å². The van der Waals surface area contributed by atoms with Crippen LogP contribution in [0.25, 0.3) is 0 Å². The van der Waals surface area contributed by atoms with Crippen molar-refractivity contribution in [1.82, 2.24) is 21.3 Å². The Morgan fingerprint density at radius 1 is 0.956 bits per heavy atom. The van der Waals surface area contributed by atoms with Crippen LogP contribution < -0.4 is 21.3 Å². The molecule has 1 saturated heterocycles. The summed E-state index contributed by atoms with van der Waals surface area (Å²) >= 11 is 0. The van der Waals surface area contributed by atoms with Crippen molar-refractivity contribution in [2.24, 2.45) is 5.92 Å². The third kappa shape index (κ3) is 14.3. The van der Waals surface area contributed by atoms with Crippen molar-refractivity contribution in [2.75, 3.05) is 13.2 Å². The van der Waals surface area contributed by atoms with Crippen molar-refractivity contribution < 1.29 is 38.2 Å². The lowest BCUT2D eigenvalue weighted by Gasteiger charge is -2.32. The summed E-state index contributed by atoms with van der Waals surface area (Å²) in [6, 6.07) is 6.44. The van der Waals surface area contributed by atoms with Gasteiger partial charge in [0, 0.05) is 31.3 Å². The summed E-state index contributed by atoms with van der Waals surface area (Å²) in [5.41, 5.74) is -0.636. The van der Waals surface area contributed by atoms with Crippen LogP contribution in [-0.4, -0.2) is 78.4 Å². The number of esters is 1. The van der Waals surface area contributed by atoms with Gasteiger partial charge in [-0.05, 0) is 80.2 Å². The summed E-state index contributed by atoms with van der Waals surface area (Å²) in [4.78, 5) is 64.9. The molecule has 1 heterocycles. The van der Waals surface area contributed by atoms with Crippen LogP contribution in [-0.2, 0) is 39.8 Å². The highest BCUT2D eigenvalue weighted by Crippen LogP contribution is 2.20. The predicted octanol–water partition coefficient (Wildman–Crippen LogP) is 3.17. The Hall–Kier alpha value is -3.67. The normalized spacial score (nSPS) is 17.7. The van der Waals surface area contributed by atoms with Crippen LogP contribution in [0, 0.1) is 5.92 Å². The minimum atomic E-state index is -1.19. The highest BCUT2D eigenvalue weighted by Gasteiger charge is 2.35. The quantitative estimate of drug-likeness (QED) is 0.215. The molecule has 0 aliphatic carbocycles. The highest BCUT2D eigenvalue weighted by atomic mass is 16.6. The van der Waals surface area contributed by atoms with Gasteiger partial charge in [0.15, 0.2) is 0 Å². The van der Waals surface area contributed by atoms with Crippen LogP contribution in [0.2, 0.25) is 0 Å². The lowest BCUT2D eigenvalue weighted by molar-refractivity contribution is -0.143. The highest BCUT2D eigenvalue weighted by molar-refractivity contribution is 5.92. The fraction of sp³-hybridized carbons (Fsp3) is 0.667. The number of rotatable bonds is 15. The van der Waals surface area contributed by atoms with Crippen molar-refractivity contribution in [3.05, 3.63) is 35.9 Å². The number of benzene rings is 1. The van der Waals surface area contributed by atoms with Crippen LogP contribution in [0.4, 0.5) is 4.79 Å². The maximum atomic E-state index is 13.9. The van der Waals surface area contributed by atoms with Gasteiger partial charge in [-0.1, -0.05) is 30.3 Å². The molecule has 0 unspecified atom stereocenters. The van der Waals surface area contributed by atoms with E-state index in [9.17, 15) is 24.0 Å². The second-order valence-corrected chi connectivity index (χ2v) is 13.4. The Morgan fingerprint density at radius 2 is 1.62 bits per heavy atom. The van der Waals surface area contributed by atoms with E-state index < -0.39 is 59.3 Å². The second kappa shape index (κ2) is 17.1. The number of ether oxygens (including phenoxy) is 3. The summed E-state index contributed by atoms with van der Waals surface area (Å²) in [6.45, 7) is 14.8. The summed E-state index contributed by atoms with van der Waals surface area (Å²) < 4.78 is 16.5. The summed E-state index contributed by atoms with van der Waals surface area (Å²) in [6.07, 6.45) is -0.144. The average molecular weight is 633 g/mol. The first-order valence-corrected chi connectivity index (χ1v) is 15.7. The lowest BCUT2D eigenvalue weighted by atomic mass is 9.94. The fourth-order valence-electron chi connectivity index (χ4n) is 5.07. The number of nitrogens with one attached hydrogen (secondary N) is 4. The molecule has 12 heteroatoms. The van der Waals surface area contributed by atoms with Crippen LogP contribution in [0.5, 0.6) is 0 Å². The maximum Gasteiger partial charge on any atom is 0.408 e. The maximum absolute atomic E-state index is 13.9. The zero-order chi connectivity index (χ0) is 33.8. The summed E-state index contributed by atoms with van der Waals surface area (Å²) in [7, 11) is 0. The van der Waals surface area contributed by atoms with Gasteiger partial charge in [-0.2, -0.15) is 0 Å². The molecule has 1 aliphatic heterocycles. The largest absolute Gasteiger partial charge is 0.466 e. The van der Waals surface area contributed by atoms with E-state index in [0.29, 0.717) is 19.4 Å². The zero-order valence-electron chi connectivity index (χ0n) is 28.0. The Morgan fingerprint density at radius 3 is 2.18 bits per heavy atom. The first-order valence-electron chi connectivity index (χ1n) is 15.7. The molecule has 5 atom stereocenters. The van der Waals surface area contributed by atoms with Gasteiger partial charge in [-0.3, -0.25) is 19.2 Å². The molecule has 1 aliphatic rings. The molecule has 4 N–H and O–H groups in total. The Labute approximate surface area is 267 Å². The van der Waals surface area contributed by atoms with E-state index in [-0.39, 0.29) is 37.7 Å². The van der Waals surface area contributed by atoms with Crippen molar-refractivity contribution >= 4 is 29.8 Å². The molecule has 12 nitrogen and oxygen atoms in total. The van der Waals surface area contributed by atoms with Gasteiger partial charge in [0.25, 0.3) is 0 Å². The predicted molar refractivity (Wildman–Crippen MR) is 169 cm³/mol. The molecule has 0 aromatic heterocycles. The van der Waals surface area contributed by atoms with Crippen molar-refractivity contribution in [1.29, 1.82) is 0 Å². The van der Waals surface area contributed by atoms with Gasteiger partial charge in [-0.15, -0.1) is 0 Å². The minimum Gasteiger partial charge on any atom is -0.466 e. The molecule has 1 aromatic rings. The Balaban J connectivity index is 2.33. The summed E-state index contributed by atoms with van der Waals surface area (Å²) in [5, 5.41) is 11.2. The van der Waals surface area contributed by atoms with Crippen LogP contribution in [0.15, 0.2) is 30.3 Å². The van der Waals surface area contributed by atoms with E-state index in [1.165, 1.54) is 0 Å². The van der Waals surface area contributed by atoms with E-state index >= 15 is 0 Å². The van der Waals surface area contributed by atoms with Gasteiger partial charge >= 0.3 is 12.1 Å². The SMILES string of the molecule is CCOC(=O)CC[C@H](C[C@@H]1CCNC1=O)NC(=O)[C@H](Cc1ccccc1)NC(=O)[C@@H](NC(=O)OC(C)(C)C)[C@@H](C)OC(C)(C)C. The van der Waals surface area contributed by atoms with Gasteiger partial charge in [0.05, 0.1) is 18.3 Å². The van der Waals surface area contributed by atoms with E-state index in [2.05, 4.69) is 21.3 Å². The molecular weight excluding hydrogens is 580 g/mol. The number of hydrogen-bond donors (Lipinski definition) is 4. The molecule has 252 valence electrons. The molecular formula is C33H52N4O8. The fourth-order valence-corrected chi connectivity index (χ4v) is 5.07. The van der Waals surface area contributed by atoms with E-state index in [1.807, 2.05) is 51.1 Å². The topological polar surface area (TPSA) is 161 Å². The third-order valence-corrected chi connectivity index (χ3v) is 6.96. The molecule has 4 amide bonds. The molecule has 1 aromatic carbocycles. The molecule has 0 spiro atoms. The van der Waals surface area contributed by atoms with Crippen LogP contribution in [0.1, 0.15) is 86.6 Å². The second-order valence-electron chi connectivity index (χ2n) is 13.4. The molecule has 0 radical (unpaired) electrons. The van der Waals surface area contributed by atoms with Crippen LogP contribution >= 0.6 is 0 Å². The van der Waals surface area contributed by atoms with Gasteiger partial charge in [0.1, 0.15) is 17.7 Å². The van der Waals surface area contributed by atoms with E-state index in [0.717, 1.165) is 5.56 Å². The van der Waals surface area contributed by atoms with Crippen molar-refractivity contribution in [3.8, 4) is 0 Å². The number of amides is 4. The minimum absolute atomic E-state index is 0.0619. The molecule has 1 fully saturated rings. The van der Waals surface area contributed by atoms with E-state index in [1.54, 1.807) is 34.6 Å². The Bertz CT molecular complexity index is 1150. The molecule has 2 rings (SSSR count). The number of alkyl carbamates (subject to hydrolysis) is 1. The summed E-state index contributed by atoms with van der Waals surface area (Å²) in [5.74, 6) is -1.92. The third-order valence-electron chi connectivity index (χ3n) is 6.96. The first-order chi connectivity index (χ1) is 21.0. The first kappa shape index (κ1) is 37.5. The standard InChI is InChI=1S/C33H52N4O8/c1-9-43-26(38)16-15-24(20-23-17-18-34-28(23)39)35-29(40)25(19-22-13-11-10-12-14-22)36-30(41)27(21(2)44-32(3,4)5)37-31(42)45-33(6,7)8/h10-14,21,23-25,27H,9,15-20H2,1-8H3,(H,34,39)(H,35,40)(H,36,41)(H,37,42)/t21-,23+,24-,25+,27+/m1/s1. The zero-order valence-corrected chi connectivity index (χ0v) is 28.0. The van der Waals surface area contributed by atoms with Gasteiger partial charge in [0.2, 0.25) is 17.7 Å².